The van der Waals surface area contributed by atoms with Crippen molar-refractivity contribution in [1.29, 1.82) is 0 Å². The van der Waals surface area contributed by atoms with Crippen LogP contribution in [0, 0.1) is 12.8 Å². The van der Waals surface area contributed by atoms with E-state index >= 15 is 0 Å². The van der Waals surface area contributed by atoms with Crippen LogP contribution in [0.2, 0.25) is 5.02 Å². The molecule has 3 heterocycles. The number of nitrogens with zero attached hydrogens (tertiary/aromatic N) is 4. The molecule has 0 unspecified atom stereocenters. The molecule has 0 radical (unpaired) electrons. The van der Waals surface area contributed by atoms with Crippen molar-refractivity contribution in [3.8, 4) is 0 Å². The third-order valence-corrected chi connectivity index (χ3v) is 5.40. The second kappa shape index (κ2) is 7.14. The lowest BCUT2D eigenvalue weighted by Crippen LogP contribution is -2.36. The summed E-state index contributed by atoms with van der Waals surface area (Å²) in [6.07, 6.45) is 6.50. The predicted octanol–water partition coefficient (Wildman–Crippen LogP) is 4.31. The van der Waals surface area contributed by atoms with Crippen LogP contribution in [0.25, 0.3) is 10.9 Å². The quantitative estimate of drug-likeness (QED) is 0.700. The molecule has 1 aromatic carbocycles. The molecule has 1 aliphatic heterocycles. The summed E-state index contributed by atoms with van der Waals surface area (Å²) in [6.45, 7) is 6.27. The predicted molar refractivity (Wildman–Crippen MR) is 102 cm³/mol. The van der Waals surface area contributed by atoms with Crippen LogP contribution in [-0.2, 0) is 13.1 Å². The first-order valence-electron chi connectivity index (χ1n) is 8.93. The van der Waals surface area contributed by atoms with Crippen LogP contribution in [-0.4, -0.2) is 32.5 Å². The highest BCUT2D eigenvalue weighted by molar-refractivity contribution is 6.35. The van der Waals surface area contributed by atoms with Gasteiger partial charge in [-0.3, -0.25) is 4.90 Å². The van der Waals surface area contributed by atoms with Crippen molar-refractivity contribution in [3.05, 3.63) is 59.3 Å². The summed E-state index contributed by atoms with van der Waals surface area (Å²) in [4.78, 5) is 11.6. The Kier molecular flexibility index (Phi) is 4.73. The van der Waals surface area contributed by atoms with E-state index in [9.17, 15) is 0 Å². The zero-order valence-electron chi connectivity index (χ0n) is 14.5. The number of hydrogen-bond donors (Lipinski definition) is 0. The number of hydrogen-bond acceptors (Lipinski definition) is 3. The number of likely N-dealkylation sites (tertiary alicyclic amines) is 1. The molecule has 0 amide bonds. The maximum absolute atomic E-state index is 6.30. The van der Waals surface area contributed by atoms with Gasteiger partial charge in [0.1, 0.15) is 5.82 Å². The summed E-state index contributed by atoms with van der Waals surface area (Å²) in [6, 6.07) is 10.2. The summed E-state index contributed by atoms with van der Waals surface area (Å²) in [7, 11) is 0. The fraction of sp³-hybridized carbons (Fsp3) is 0.400. The monoisotopic (exact) mass is 354 g/mol. The van der Waals surface area contributed by atoms with E-state index in [1.807, 2.05) is 18.3 Å². The minimum absolute atomic E-state index is 0.672. The number of benzene rings is 1. The van der Waals surface area contributed by atoms with Crippen molar-refractivity contribution in [2.24, 2.45) is 5.92 Å². The second-order valence-electron chi connectivity index (χ2n) is 6.98. The van der Waals surface area contributed by atoms with Gasteiger partial charge in [0, 0.05) is 37.4 Å². The van der Waals surface area contributed by atoms with Gasteiger partial charge in [0.15, 0.2) is 0 Å². The van der Waals surface area contributed by atoms with Crippen LogP contribution < -0.4 is 0 Å². The van der Waals surface area contributed by atoms with Gasteiger partial charge in [-0.2, -0.15) is 0 Å². The van der Waals surface area contributed by atoms with Gasteiger partial charge in [0.25, 0.3) is 0 Å². The molecular formula is C20H23ClN4. The summed E-state index contributed by atoms with van der Waals surface area (Å²) in [5.74, 6) is 1.77. The van der Waals surface area contributed by atoms with Gasteiger partial charge in [-0.15, -0.1) is 0 Å². The largest absolute Gasteiger partial charge is 0.335 e. The molecule has 4 nitrogen and oxygen atoms in total. The molecule has 1 fully saturated rings. The summed E-state index contributed by atoms with van der Waals surface area (Å²) in [5, 5.41) is 1.83. The number of fused-ring (bicyclic) bond motifs is 1. The molecule has 1 saturated heterocycles. The molecule has 3 aromatic rings. The number of aromatic nitrogens is 3. The minimum atomic E-state index is 0.672. The van der Waals surface area contributed by atoms with Gasteiger partial charge >= 0.3 is 0 Å². The second-order valence-corrected chi connectivity index (χ2v) is 7.39. The van der Waals surface area contributed by atoms with Crippen LogP contribution in [0.1, 0.15) is 24.4 Å². The lowest BCUT2D eigenvalue weighted by atomic mass is 9.97. The van der Waals surface area contributed by atoms with Crippen LogP contribution >= 0.6 is 11.6 Å². The van der Waals surface area contributed by atoms with Crippen LogP contribution in [0.3, 0.4) is 0 Å². The van der Waals surface area contributed by atoms with E-state index in [2.05, 4.69) is 45.8 Å². The maximum atomic E-state index is 6.30. The molecule has 0 aliphatic carbocycles. The van der Waals surface area contributed by atoms with Crippen molar-refractivity contribution >= 4 is 22.5 Å². The highest BCUT2D eigenvalue weighted by Crippen LogP contribution is 2.24. The molecule has 0 spiro atoms. The number of para-hydroxylation sites is 1. The van der Waals surface area contributed by atoms with E-state index in [-0.39, 0.29) is 0 Å². The molecule has 2 aromatic heterocycles. The lowest BCUT2D eigenvalue weighted by Gasteiger charge is -2.32. The summed E-state index contributed by atoms with van der Waals surface area (Å²) >= 11 is 6.30. The number of pyridine rings is 1. The number of imidazole rings is 1. The maximum Gasteiger partial charge on any atom is 0.105 e. The Bertz CT molecular complexity index is 873. The smallest absolute Gasteiger partial charge is 0.105 e. The van der Waals surface area contributed by atoms with Gasteiger partial charge in [-0.1, -0.05) is 29.8 Å². The first-order chi connectivity index (χ1) is 12.2. The van der Waals surface area contributed by atoms with Gasteiger partial charge in [0.2, 0.25) is 0 Å². The molecular weight excluding hydrogens is 332 g/mol. The summed E-state index contributed by atoms with van der Waals surface area (Å²) < 4.78 is 2.27. The Balaban J connectivity index is 1.45. The third-order valence-electron chi connectivity index (χ3n) is 5.10. The van der Waals surface area contributed by atoms with E-state index in [1.54, 1.807) is 0 Å². The zero-order chi connectivity index (χ0) is 17.2. The van der Waals surface area contributed by atoms with Crippen molar-refractivity contribution < 1.29 is 0 Å². The van der Waals surface area contributed by atoms with Crippen LogP contribution in [0.15, 0.2) is 42.7 Å². The first-order valence-corrected chi connectivity index (χ1v) is 9.31. The average Bonchev–Trinajstić information content (AvgIpc) is 3.01. The fourth-order valence-corrected chi connectivity index (χ4v) is 4.01. The Morgan fingerprint density at radius 3 is 3.00 bits per heavy atom. The fourth-order valence-electron chi connectivity index (χ4n) is 3.79. The number of aryl methyl sites for hydroxylation is 1. The molecule has 4 rings (SSSR count). The summed E-state index contributed by atoms with van der Waals surface area (Å²) in [5.41, 5.74) is 2.00. The minimum Gasteiger partial charge on any atom is -0.335 e. The van der Waals surface area contributed by atoms with Gasteiger partial charge in [-0.05, 0) is 44.4 Å². The topological polar surface area (TPSA) is 34.0 Å². The van der Waals surface area contributed by atoms with Crippen LogP contribution in [0.5, 0.6) is 0 Å². The molecule has 0 N–H and O–H groups in total. The van der Waals surface area contributed by atoms with E-state index in [0.29, 0.717) is 5.92 Å². The van der Waals surface area contributed by atoms with E-state index in [0.717, 1.165) is 53.6 Å². The lowest BCUT2D eigenvalue weighted by molar-refractivity contribution is 0.154. The van der Waals surface area contributed by atoms with Crippen molar-refractivity contribution in [2.75, 3.05) is 13.1 Å². The highest BCUT2D eigenvalue weighted by atomic mass is 35.5. The number of rotatable bonds is 4. The number of piperidine rings is 1. The van der Waals surface area contributed by atoms with E-state index < -0.39 is 0 Å². The molecule has 0 bridgehead atoms. The highest BCUT2D eigenvalue weighted by Gasteiger charge is 2.21. The Labute approximate surface area is 153 Å². The standard InChI is InChI=1S/C20H23ClN4/c1-15-22-9-11-25(15)13-16-4-3-10-24(12-16)14-18-8-7-17-5-2-6-19(21)20(17)23-18/h2,5-9,11,16H,3-4,10,12-14H2,1H3/t16-/m0/s1. The van der Waals surface area contributed by atoms with Crippen molar-refractivity contribution in [3.63, 3.8) is 0 Å². The number of halogens is 1. The SMILES string of the molecule is Cc1nccn1C[C@H]1CCCN(Cc2ccc3cccc(Cl)c3n2)C1. The molecule has 25 heavy (non-hydrogen) atoms. The average molecular weight is 355 g/mol. The Hall–Kier alpha value is -1.91. The van der Waals surface area contributed by atoms with Gasteiger partial charge < -0.3 is 4.57 Å². The van der Waals surface area contributed by atoms with E-state index in [4.69, 9.17) is 16.6 Å². The third kappa shape index (κ3) is 3.70. The molecule has 130 valence electrons. The Morgan fingerprint density at radius 1 is 1.24 bits per heavy atom. The van der Waals surface area contributed by atoms with Crippen molar-refractivity contribution in [2.45, 2.75) is 32.9 Å². The van der Waals surface area contributed by atoms with Crippen LogP contribution in [0.4, 0.5) is 0 Å². The van der Waals surface area contributed by atoms with E-state index in [1.165, 1.54) is 12.8 Å². The molecule has 1 aliphatic rings. The Morgan fingerprint density at radius 2 is 2.16 bits per heavy atom. The zero-order valence-corrected chi connectivity index (χ0v) is 15.3. The molecule has 5 heteroatoms. The normalized spacial score (nSPS) is 18.7. The molecule has 1 atom stereocenters. The van der Waals surface area contributed by atoms with Crippen molar-refractivity contribution in [1.82, 2.24) is 19.4 Å². The molecule has 0 saturated carbocycles. The van der Waals surface area contributed by atoms with Gasteiger partial charge in [-0.25, -0.2) is 9.97 Å². The first kappa shape index (κ1) is 16.6. The van der Waals surface area contributed by atoms with Gasteiger partial charge in [0.05, 0.1) is 16.2 Å².